The summed E-state index contributed by atoms with van der Waals surface area (Å²) in [5.74, 6) is 0.591. The molecular formula is C24H28N2O3. The average molecular weight is 392 g/mol. The van der Waals surface area contributed by atoms with Crippen molar-refractivity contribution < 1.29 is 14.3 Å². The molecule has 0 aliphatic carbocycles. The van der Waals surface area contributed by atoms with Crippen LogP contribution in [0, 0.1) is 0 Å². The number of nitrogens with zero attached hydrogens (tertiary/aromatic N) is 1. The molecule has 1 heterocycles. The third-order valence-corrected chi connectivity index (χ3v) is 4.91. The number of carbonyl (C=O) groups is 2. The second-order valence-electron chi connectivity index (χ2n) is 8.38. The highest BCUT2D eigenvalue weighted by atomic mass is 16.5. The monoisotopic (exact) mass is 392 g/mol. The van der Waals surface area contributed by atoms with E-state index in [0.717, 1.165) is 23.4 Å². The fraction of sp³-hybridized carbons (Fsp3) is 0.375. The molecule has 5 heteroatoms. The molecule has 29 heavy (non-hydrogen) atoms. The number of amides is 1. The first kappa shape index (κ1) is 20.8. The second kappa shape index (κ2) is 8.19. The number of Topliss-reactive ketones (excluding diaryl/α,β-unsaturated/α-hetero) is 1. The number of hydrogen-bond acceptors (Lipinski definition) is 4. The first-order valence-corrected chi connectivity index (χ1v) is 9.88. The lowest BCUT2D eigenvalue weighted by Crippen LogP contribution is -2.30. The largest absolute Gasteiger partial charge is 0.497 e. The van der Waals surface area contributed by atoms with E-state index in [0.29, 0.717) is 11.1 Å². The zero-order valence-corrected chi connectivity index (χ0v) is 17.7. The van der Waals surface area contributed by atoms with Gasteiger partial charge >= 0.3 is 0 Å². The zero-order chi connectivity index (χ0) is 21.2. The van der Waals surface area contributed by atoms with Gasteiger partial charge in [0.1, 0.15) is 5.75 Å². The van der Waals surface area contributed by atoms with E-state index in [-0.39, 0.29) is 29.7 Å². The Hall–Kier alpha value is -2.95. The van der Waals surface area contributed by atoms with E-state index in [4.69, 9.17) is 9.73 Å². The predicted octanol–water partition coefficient (Wildman–Crippen LogP) is 4.23. The number of carbonyl (C=O) groups excluding carboxylic acids is 2. The van der Waals surface area contributed by atoms with Crippen LogP contribution in [0.15, 0.2) is 47.5 Å². The van der Waals surface area contributed by atoms with Crippen molar-refractivity contribution in [2.45, 2.75) is 52.1 Å². The molecule has 0 radical (unpaired) electrons. The van der Waals surface area contributed by atoms with Gasteiger partial charge in [-0.3, -0.25) is 14.6 Å². The molecule has 0 atom stereocenters. The van der Waals surface area contributed by atoms with E-state index in [1.165, 1.54) is 5.56 Å². The number of hydrogen-bond donors (Lipinski definition) is 1. The third kappa shape index (κ3) is 4.91. The number of rotatable bonds is 6. The molecule has 0 aromatic heterocycles. The molecule has 1 N–H and O–H groups in total. The Morgan fingerprint density at radius 1 is 1.10 bits per heavy atom. The van der Waals surface area contributed by atoms with Crippen LogP contribution in [0.1, 0.15) is 66.0 Å². The van der Waals surface area contributed by atoms with Crippen LogP contribution in [-0.4, -0.2) is 36.1 Å². The van der Waals surface area contributed by atoms with Crippen LogP contribution in [0.2, 0.25) is 0 Å². The average Bonchev–Trinajstić information content (AvgIpc) is 2.66. The van der Waals surface area contributed by atoms with Gasteiger partial charge in [-0.05, 0) is 63.9 Å². The fourth-order valence-corrected chi connectivity index (χ4v) is 3.58. The Morgan fingerprint density at radius 2 is 1.76 bits per heavy atom. The summed E-state index contributed by atoms with van der Waals surface area (Å²) in [6, 6.07) is 12.8. The minimum absolute atomic E-state index is 0.0222. The molecule has 0 fully saturated rings. The predicted molar refractivity (Wildman–Crippen MR) is 115 cm³/mol. The minimum atomic E-state index is -0.254. The van der Waals surface area contributed by atoms with Crippen LogP contribution in [-0.2, 0) is 6.42 Å². The molecular weight excluding hydrogens is 364 g/mol. The van der Waals surface area contributed by atoms with Crippen molar-refractivity contribution in [2.24, 2.45) is 4.99 Å². The standard InChI is InChI=1S/C24H28N2O3/c1-15(2)25-23(28)17-8-6-16(7-9-17)22(27)13-21-20-12-19(29-5)11-10-18(20)14-24(3,4)26-21/h6-12,15H,13-14H2,1-5H3,(H,25,28). The van der Waals surface area contributed by atoms with Gasteiger partial charge in [0.25, 0.3) is 5.91 Å². The van der Waals surface area contributed by atoms with Crippen LogP contribution in [0.5, 0.6) is 5.75 Å². The minimum Gasteiger partial charge on any atom is -0.497 e. The fourth-order valence-electron chi connectivity index (χ4n) is 3.58. The van der Waals surface area contributed by atoms with E-state index in [1.54, 1.807) is 31.4 Å². The Balaban J connectivity index is 1.83. The molecule has 2 aromatic carbocycles. The van der Waals surface area contributed by atoms with E-state index in [1.807, 2.05) is 26.0 Å². The maximum Gasteiger partial charge on any atom is 0.251 e. The summed E-state index contributed by atoms with van der Waals surface area (Å²) >= 11 is 0. The van der Waals surface area contributed by atoms with Crippen molar-refractivity contribution in [2.75, 3.05) is 7.11 Å². The number of aliphatic imine (C=N–C) groups is 1. The van der Waals surface area contributed by atoms with Gasteiger partial charge in [0.15, 0.2) is 5.78 Å². The maximum absolute atomic E-state index is 12.9. The normalized spacial score (nSPS) is 14.8. The highest BCUT2D eigenvalue weighted by Gasteiger charge is 2.28. The van der Waals surface area contributed by atoms with Gasteiger partial charge in [-0.1, -0.05) is 18.2 Å². The van der Waals surface area contributed by atoms with Gasteiger partial charge in [0.2, 0.25) is 0 Å². The molecule has 5 nitrogen and oxygen atoms in total. The number of nitrogens with one attached hydrogen (secondary N) is 1. The van der Waals surface area contributed by atoms with Crippen LogP contribution in [0.4, 0.5) is 0 Å². The number of ether oxygens (including phenoxy) is 1. The van der Waals surface area contributed by atoms with Crippen molar-refractivity contribution in [3.05, 3.63) is 64.7 Å². The first-order valence-electron chi connectivity index (χ1n) is 9.88. The smallest absolute Gasteiger partial charge is 0.251 e. The van der Waals surface area contributed by atoms with E-state index >= 15 is 0 Å². The Kier molecular flexibility index (Phi) is 5.87. The molecule has 0 bridgehead atoms. The third-order valence-electron chi connectivity index (χ3n) is 4.91. The van der Waals surface area contributed by atoms with Crippen molar-refractivity contribution in [3.8, 4) is 5.75 Å². The van der Waals surface area contributed by atoms with Crippen LogP contribution in [0.25, 0.3) is 0 Å². The number of methoxy groups -OCH3 is 1. The molecule has 0 saturated heterocycles. The summed E-state index contributed by atoms with van der Waals surface area (Å²) in [6.45, 7) is 7.98. The maximum atomic E-state index is 12.9. The molecule has 1 aliphatic rings. The van der Waals surface area contributed by atoms with E-state index in [9.17, 15) is 9.59 Å². The van der Waals surface area contributed by atoms with Gasteiger partial charge in [0.05, 0.1) is 24.8 Å². The first-order chi connectivity index (χ1) is 13.7. The zero-order valence-electron chi connectivity index (χ0n) is 17.7. The van der Waals surface area contributed by atoms with Crippen LogP contribution < -0.4 is 10.1 Å². The lowest BCUT2D eigenvalue weighted by atomic mass is 9.85. The highest BCUT2D eigenvalue weighted by Crippen LogP contribution is 2.31. The van der Waals surface area contributed by atoms with E-state index in [2.05, 4.69) is 25.2 Å². The molecule has 0 unspecified atom stereocenters. The molecule has 1 aliphatic heterocycles. The van der Waals surface area contributed by atoms with Crippen molar-refractivity contribution in [1.29, 1.82) is 0 Å². The summed E-state index contributed by atoms with van der Waals surface area (Å²) < 4.78 is 5.36. The highest BCUT2D eigenvalue weighted by molar-refractivity contribution is 6.17. The van der Waals surface area contributed by atoms with Crippen LogP contribution in [0.3, 0.4) is 0 Å². The number of ketones is 1. The SMILES string of the molecule is COc1ccc2c(c1)C(CC(=O)c1ccc(C(=O)NC(C)C)cc1)=NC(C)(C)C2. The summed E-state index contributed by atoms with van der Waals surface area (Å²) in [6.07, 6.45) is 1.03. The Morgan fingerprint density at radius 3 is 2.38 bits per heavy atom. The summed E-state index contributed by atoms with van der Waals surface area (Å²) in [5.41, 5.74) is 3.79. The summed E-state index contributed by atoms with van der Waals surface area (Å²) in [7, 11) is 1.63. The van der Waals surface area contributed by atoms with Crippen LogP contribution >= 0.6 is 0 Å². The lowest BCUT2D eigenvalue weighted by Gasteiger charge is -2.29. The van der Waals surface area contributed by atoms with Crippen molar-refractivity contribution >= 4 is 17.4 Å². The number of fused-ring (bicyclic) bond motifs is 1. The van der Waals surface area contributed by atoms with Crippen molar-refractivity contribution in [1.82, 2.24) is 5.32 Å². The Bertz CT molecular complexity index is 957. The quantitative estimate of drug-likeness (QED) is 0.748. The lowest BCUT2D eigenvalue weighted by molar-refractivity contribution is 0.0940. The molecule has 152 valence electrons. The summed E-state index contributed by atoms with van der Waals surface area (Å²) in [4.78, 5) is 29.9. The van der Waals surface area contributed by atoms with E-state index < -0.39 is 0 Å². The molecule has 1 amide bonds. The van der Waals surface area contributed by atoms with Gasteiger partial charge in [-0.15, -0.1) is 0 Å². The number of benzene rings is 2. The topological polar surface area (TPSA) is 67.8 Å². The molecule has 0 spiro atoms. The van der Waals surface area contributed by atoms with Gasteiger partial charge in [-0.2, -0.15) is 0 Å². The van der Waals surface area contributed by atoms with Crippen molar-refractivity contribution in [3.63, 3.8) is 0 Å². The van der Waals surface area contributed by atoms with Gasteiger partial charge in [-0.25, -0.2) is 0 Å². The molecule has 2 aromatic rings. The summed E-state index contributed by atoms with van der Waals surface area (Å²) in [5, 5.41) is 2.85. The van der Waals surface area contributed by atoms with Gasteiger partial charge < -0.3 is 10.1 Å². The second-order valence-corrected chi connectivity index (χ2v) is 8.38. The van der Waals surface area contributed by atoms with Gasteiger partial charge in [0, 0.05) is 22.7 Å². The molecule has 3 rings (SSSR count). The molecule has 0 saturated carbocycles. The Labute approximate surface area is 172 Å².